The number of likely N-dealkylation sites (tertiary alicyclic amines) is 3. The highest BCUT2D eigenvalue weighted by Crippen LogP contribution is 2.21. The number of piperidine rings is 2. The van der Waals surface area contributed by atoms with Crippen molar-refractivity contribution in [3.8, 4) is 0 Å². The fourth-order valence-corrected chi connectivity index (χ4v) is 4.59. The van der Waals surface area contributed by atoms with Gasteiger partial charge in [0.1, 0.15) is 6.26 Å². The molecule has 8 heteroatoms. The standard InChI is InChI=1S/C21H30N4O4/c26-19(16-4-3-10-25(14-16)21(28)24-8-1-2-9-24)22-18-5-11-23(12-6-18)20(27)17-7-13-29-15-17/h7,13,15-16,18H,1-6,8-12,14H2,(H,22,26). The molecule has 1 aromatic rings. The number of hydrogen-bond donors (Lipinski definition) is 1. The molecular weight excluding hydrogens is 372 g/mol. The quantitative estimate of drug-likeness (QED) is 0.837. The van der Waals surface area contributed by atoms with Gasteiger partial charge in [-0.1, -0.05) is 0 Å². The lowest BCUT2D eigenvalue weighted by atomic mass is 9.96. The monoisotopic (exact) mass is 402 g/mol. The van der Waals surface area contributed by atoms with E-state index in [1.165, 1.54) is 12.5 Å². The van der Waals surface area contributed by atoms with Crippen LogP contribution in [-0.4, -0.2) is 77.9 Å². The Morgan fingerprint density at radius 2 is 1.62 bits per heavy atom. The first-order valence-corrected chi connectivity index (χ1v) is 10.8. The molecule has 4 rings (SSSR count). The van der Waals surface area contributed by atoms with Gasteiger partial charge in [-0.15, -0.1) is 0 Å². The van der Waals surface area contributed by atoms with Crippen LogP contribution in [-0.2, 0) is 4.79 Å². The zero-order valence-corrected chi connectivity index (χ0v) is 16.8. The average Bonchev–Trinajstić information content (AvgIpc) is 3.47. The number of nitrogens with one attached hydrogen (secondary N) is 1. The molecule has 29 heavy (non-hydrogen) atoms. The third-order valence-electron chi connectivity index (χ3n) is 6.34. The Balaban J connectivity index is 1.24. The summed E-state index contributed by atoms with van der Waals surface area (Å²) in [5.74, 6) is -0.115. The van der Waals surface area contributed by atoms with Gasteiger partial charge in [0.15, 0.2) is 0 Å². The Labute approximate surface area is 171 Å². The molecule has 0 saturated carbocycles. The summed E-state index contributed by atoms with van der Waals surface area (Å²) in [6.45, 7) is 4.18. The Kier molecular flexibility index (Phi) is 6.06. The summed E-state index contributed by atoms with van der Waals surface area (Å²) in [5.41, 5.74) is 0.567. The SMILES string of the molecule is O=C(NC1CCN(C(=O)c2ccoc2)CC1)C1CCCN(C(=O)N2CCCC2)C1. The van der Waals surface area contributed by atoms with Crippen LogP contribution < -0.4 is 5.32 Å². The van der Waals surface area contributed by atoms with E-state index in [1.807, 2.05) is 14.7 Å². The average molecular weight is 402 g/mol. The highest BCUT2D eigenvalue weighted by molar-refractivity contribution is 5.93. The number of furan rings is 1. The van der Waals surface area contributed by atoms with E-state index in [9.17, 15) is 14.4 Å². The topological polar surface area (TPSA) is 86.1 Å². The predicted molar refractivity (Wildman–Crippen MR) is 106 cm³/mol. The van der Waals surface area contributed by atoms with Gasteiger partial charge in [0, 0.05) is 45.3 Å². The molecule has 0 bridgehead atoms. The summed E-state index contributed by atoms with van der Waals surface area (Å²) in [6.07, 6.45) is 8.31. The van der Waals surface area contributed by atoms with Crippen molar-refractivity contribution in [2.45, 2.75) is 44.6 Å². The maximum absolute atomic E-state index is 12.8. The molecule has 0 radical (unpaired) electrons. The van der Waals surface area contributed by atoms with Gasteiger partial charge in [-0.2, -0.15) is 0 Å². The van der Waals surface area contributed by atoms with Crippen LogP contribution in [0.1, 0.15) is 48.9 Å². The van der Waals surface area contributed by atoms with Crippen molar-refractivity contribution < 1.29 is 18.8 Å². The molecule has 8 nitrogen and oxygen atoms in total. The zero-order chi connectivity index (χ0) is 20.2. The van der Waals surface area contributed by atoms with Crippen LogP contribution >= 0.6 is 0 Å². The summed E-state index contributed by atoms with van der Waals surface area (Å²) in [4.78, 5) is 43.4. The minimum Gasteiger partial charge on any atom is -0.472 e. The Morgan fingerprint density at radius 1 is 0.897 bits per heavy atom. The molecule has 3 fully saturated rings. The molecular formula is C21H30N4O4. The van der Waals surface area contributed by atoms with Gasteiger partial charge in [-0.3, -0.25) is 9.59 Å². The van der Waals surface area contributed by atoms with E-state index in [-0.39, 0.29) is 29.8 Å². The maximum Gasteiger partial charge on any atom is 0.320 e. The fourth-order valence-electron chi connectivity index (χ4n) is 4.59. The van der Waals surface area contributed by atoms with Gasteiger partial charge in [-0.05, 0) is 44.6 Å². The summed E-state index contributed by atoms with van der Waals surface area (Å²) < 4.78 is 4.99. The summed E-state index contributed by atoms with van der Waals surface area (Å²) >= 11 is 0. The first-order chi connectivity index (χ1) is 14.1. The van der Waals surface area contributed by atoms with Crippen LogP contribution in [0.2, 0.25) is 0 Å². The van der Waals surface area contributed by atoms with E-state index in [4.69, 9.17) is 4.42 Å². The zero-order valence-electron chi connectivity index (χ0n) is 16.8. The molecule has 0 spiro atoms. The molecule has 158 valence electrons. The second kappa shape index (κ2) is 8.88. The maximum atomic E-state index is 12.8. The number of rotatable bonds is 3. The van der Waals surface area contributed by atoms with E-state index in [0.29, 0.717) is 25.2 Å². The lowest BCUT2D eigenvalue weighted by molar-refractivity contribution is -0.127. The van der Waals surface area contributed by atoms with Gasteiger partial charge in [0.25, 0.3) is 5.91 Å². The van der Waals surface area contributed by atoms with Gasteiger partial charge in [-0.25, -0.2) is 4.79 Å². The lowest BCUT2D eigenvalue weighted by Crippen LogP contribution is -2.52. The van der Waals surface area contributed by atoms with Crippen LogP contribution in [0.5, 0.6) is 0 Å². The van der Waals surface area contributed by atoms with Gasteiger partial charge in [0.05, 0.1) is 17.7 Å². The molecule has 3 aliphatic heterocycles. The first-order valence-electron chi connectivity index (χ1n) is 10.8. The third kappa shape index (κ3) is 4.57. The first kappa shape index (κ1) is 19.8. The largest absolute Gasteiger partial charge is 0.472 e. The number of urea groups is 1. The Hall–Kier alpha value is -2.51. The molecule has 1 N–H and O–H groups in total. The molecule has 0 aromatic carbocycles. The summed E-state index contributed by atoms with van der Waals surface area (Å²) in [7, 11) is 0. The minimum absolute atomic E-state index is 0.0214. The van der Waals surface area contributed by atoms with Crippen molar-refractivity contribution in [1.82, 2.24) is 20.0 Å². The Bertz CT molecular complexity index is 721. The normalized spacial score (nSPS) is 23.3. The van der Waals surface area contributed by atoms with Crippen molar-refractivity contribution in [2.75, 3.05) is 39.3 Å². The van der Waals surface area contributed by atoms with Gasteiger partial charge in [0.2, 0.25) is 5.91 Å². The predicted octanol–water partition coefficient (Wildman–Crippen LogP) is 1.93. The van der Waals surface area contributed by atoms with Crippen molar-refractivity contribution in [3.63, 3.8) is 0 Å². The highest BCUT2D eigenvalue weighted by atomic mass is 16.3. The summed E-state index contributed by atoms with van der Waals surface area (Å²) in [5, 5.41) is 3.16. The highest BCUT2D eigenvalue weighted by Gasteiger charge is 2.33. The number of nitrogens with zero attached hydrogens (tertiary/aromatic N) is 3. The minimum atomic E-state index is -0.138. The molecule has 0 aliphatic carbocycles. The third-order valence-corrected chi connectivity index (χ3v) is 6.34. The van der Waals surface area contributed by atoms with Crippen LogP contribution in [0.3, 0.4) is 0 Å². The molecule has 4 amide bonds. The molecule has 1 aromatic heterocycles. The molecule has 4 heterocycles. The number of carbonyl (C=O) groups is 3. The molecule has 3 saturated heterocycles. The number of hydrogen-bond acceptors (Lipinski definition) is 4. The van der Waals surface area contributed by atoms with E-state index in [2.05, 4.69) is 5.32 Å². The smallest absolute Gasteiger partial charge is 0.320 e. The van der Waals surface area contributed by atoms with Crippen molar-refractivity contribution in [2.24, 2.45) is 5.92 Å². The van der Waals surface area contributed by atoms with Crippen LogP contribution in [0.15, 0.2) is 23.0 Å². The van der Waals surface area contributed by atoms with Crippen molar-refractivity contribution >= 4 is 17.8 Å². The molecule has 1 unspecified atom stereocenters. The van der Waals surface area contributed by atoms with E-state index in [1.54, 1.807) is 6.07 Å². The molecule has 1 atom stereocenters. The van der Waals surface area contributed by atoms with Crippen LogP contribution in [0.25, 0.3) is 0 Å². The van der Waals surface area contributed by atoms with Crippen molar-refractivity contribution in [1.29, 1.82) is 0 Å². The number of amides is 4. The van der Waals surface area contributed by atoms with E-state index >= 15 is 0 Å². The van der Waals surface area contributed by atoms with Crippen LogP contribution in [0, 0.1) is 5.92 Å². The van der Waals surface area contributed by atoms with E-state index in [0.717, 1.165) is 58.2 Å². The van der Waals surface area contributed by atoms with Crippen molar-refractivity contribution in [3.05, 3.63) is 24.2 Å². The second-order valence-corrected chi connectivity index (χ2v) is 8.35. The van der Waals surface area contributed by atoms with E-state index < -0.39 is 0 Å². The molecule has 3 aliphatic rings. The fraction of sp³-hybridized carbons (Fsp3) is 0.667. The van der Waals surface area contributed by atoms with Crippen LogP contribution in [0.4, 0.5) is 4.79 Å². The van der Waals surface area contributed by atoms with Gasteiger partial charge >= 0.3 is 6.03 Å². The number of carbonyl (C=O) groups excluding carboxylic acids is 3. The summed E-state index contributed by atoms with van der Waals surface area (Å²) in [6, 6.07) is 1.85. The Morgan fingerprint density at radius 3 is 2.31 bits per heavy atom. The second-order valence-electron chi connectivity index (χ2n) is 8.35. The van der Waals surface area contributed by atoms with Gasteiger partial charge < -0.3 is 24.4 Å². The lowest BCUT2D eigenvalue weighted by Gasteiger charge is -2.36.